The minimum Gasteiger partial charge on any atom is -0.326 e. The van der Waals surface area contributed by atoms with E-state index in [1.807, 2.05) is 36.4 Å². The number of amides is 1. The molecule has 0 aliphatic heterocycles. The monoisotopic (exact) mass is 331 g/mol. The number of halogens is 1. The standard InChI is InChI=1S/C17H18BrNO/c18-12-6-11-17(20)19-16-10-5-4-9-15(16)13-14-7-2-1-3-8-14/h1-5,7-10H,6,11-13H2,(H,19,20). The second-order valence-corrected chi connectivity index (χ2v) is 5.45. The average Bonchev–Trinajstić information content (AvgIpc) is 2.48. The molecule has 0 atom stereocenters. The number of rotatable bonds is 6. The average molecular weight is 332 g/mol. The van der Waals surface area contributed by atoms with Crippen LogP contribution in [0.3, 0.4) is 0 Å². The highest BCUT2D eigenvalue weighted by Gasteiger charge is 2.06. The highest BCUT2D eigenvalue weighted by molar-refractivity contribution is 9.09. The molecule has 0 saturated carbocycles. The van der Waals surface area contributed by atoms with Gasteiger partial charge in [-0.3, -0.25) is 4.79 Å². The summed E-state index contributed by atoms with van der Waals surface area (Å²) in [7, 11) is 0. The maximum absolute atomic E-state index is 11.8. The van der Waals surface area contributed by atoms with Crippen LogP contribution in [0.15, 0.2) is 54.6 Å². The Kier molecular flexibility index (Phi) is 5.81. The van der Waals surface area contributed by atoms with E-state index in [1.54, 1.807) is 0 Å². The molecule has 0 heterocycles. The lowest BCUT2D eigenvalue weighted by atomic mass is 10.0. The minimum absolute atomic E-state index is 0.0740. The predicted octanol–water partition coefficient (Wildman–Crippen LogP) is 4.39. The zero-order valence-corrected chi connectivity index (χ0v) is 12.9. The van der Waals surface area contributed by atoms with E-state index in [4.69, 9.17) is 0 Å². The number of alkyl halides is 1. The molecule has 2 aromatic rings. The van der Waals surface area contributed by atoms with Gasteiger partial charge < -0.3 is 5.32 Å². The first-order valence-electron chi connectivity index (χ1n) is 6.77. The number of hydrogen-bond acceptors (Lipinski definition) is 1. The molecule has 0 unspecified atom stereocenters. The summed E-state index contributed by atoms with van der Waals surface area (Å²) in [4.78, 5) is 11.8. The van der Waals surface area contributed by atoms with Crippen LogP contribution in [-0.2, 0) is 11.2 Å². The number of hydrogen-bond donors (Lipinski definition) is 1. The summed E-state index contributed by atoms with van der Waals surface area (Å²) in [5.41, 5.74) is 3.30. The lowest BCUT2D eigenvalue weighted by Gasteiger charge is -2.11. The molecule has 0 spiro atoms. The summed E-state index contributed by atoms with van der Waals surface area (Å²) in [6.45, 7) is 0. The van der Waals surface area contributed by atoms with Gasteiger partial charge in [0.15, 0.2) is 0 Å². The zero-order chi connectivity index (χ0) is 14.2. The Morgan fingerprint density at radius 3 is 2.45 bits per heavy atom. The first kappa shape index (κ1) is 14.8. The van der Waals surface area contributed by atoms with Crippen molar-refractivity contribution in [2.24, 2.45) is 0 Å². The first-order valence-corrected chi connectivity index (χ1v) is 7.89. The van der Waals surface area contributed by atoms with Gasteiger partial charge in [0.25, 0.3) is 0 Å². The Morgan fingerprint density at radius 2 is 1.70 bits per heavy atom. The van der Waals surface area contributed by atoms with E-state index in [0.717, 1.165) is 29.4 Å². The van der Waals surface area contributed by atoms with Gasteiger partial charge >= 0.3 is 0 Å². The van der Waals surface area contributed by atoms with Gasteiger partial charge in [0.05, 0.1) is 0 Å². The van der Waals surface area contributed by atoms with Gasteiger partial charge in [-0.2, -0.15) is 0 Å². The van der Waals surface area contributed by atoms with Crippen LogP contribution in [-0.4, -0.2) is 11.2 Å². The number of carbonyl (C=O) groups is 1. The number of nitrogens with one attached hydrogen (secondary N) is 1. The molecular weight excluding hydrogens is 314 g/mol. The number of anilines is 1. The van der Waals surface area contributed by atoms with Crippen LogP contribution >= 0.6 is 15.9 Å². The lowest BCUT2D eigenvalue weighted by molar-refractivity contribution is -0.116. The molecule has 104 valence electrons. The molecule has 1 amide bonds. The summed E-state index contributed by atoms with van der Waals surface area (Å²) in [6, 6.07) is 18.3. The summed E-state index contributed by atoms with van der Waals surface area (Å²) >= 11 is 3.34. The van der Waals surface area contributed by atoms with Crippen molar-refractivity contribution in [1.29, 1.82) is 0 Å². The van der Waals surface area contributed by atoms with Crippen molar-refractivity contribution in [2.45, 2.75) is 19.3 Å². The molecule has 20 heavy (non-hydrogen) atoms. The number of para-hydroxylation sites is 1. The molecule has 0 aliphatic carbocycles. The van der Waals surface area contributed by atoms with Crippen molar-refractivity contribution in [2.75, 3.05) is 10.6 Å². The van der Waals surface area contributed by atoms with Crippen molar-refractivity contribution in [3.8, 4) is 0 Å². The molecule has 0 bridgehead atoms. The molecule has 0 aromatic heterocycles. The summed E-state index contributed by atoms with van der Waals surface area (Å²) in [5.74, 6) is 0.0740. The lowest BCUT2D eigenvalue weighted by Crippen LogP contribution is -2.12. The van der Waals surface area contributed by atoms with Gasteiger partial charge in [-0.15, -0.1) is 0 Å². The van der Waals surface area contributed by atoms with E-state index in [9.17, 15) is 4.79 Å². The maximum atomic E-state index is 11.8. The van der Waals surface area contributed by atoms with Gasteiger partial charge in [-0.05, 0) is 30.0 Å². The number of carbonyl (C=O) groups excluding carboxylic acids is 1. The Balaban J connectivity index is 2.08. The molecule has 0 fully saturated rings. The molecule has 0 aliphatic rings. The van der Waals surface area contributed by atoms with Crippen LogP contribution in [0.4, 0.5) is 5.69 Å². The minimum atomic E-state index is 0.0740. The van der Waals surface area contributed by atoms with Crippen molar-refractivity contribution in [1.82, 2.24) is 0 Å². The van der Waals surface area contributed by atoms with E-state index >= 15 is 0 Å². The molecule has 2 aromatic carbocycles. The summed E-state index contributed by atoms with van der Waals surface area (Å²) in [5, 5.41) is 3.86. The largest absolute Gasteiger partial charge is 0.326 e. The third-order valence-electron chi connectivity index (χ3n) is 3.07. The zero-order valence-electron chi connectivity index (χ0n) is 11.3. The fraction of sp³-hybridized carbons (Fsp3) is 0.235. The second kappa shape index (κ2) is 7.85. The summed E-state index contributed by atoms with van der Waals surface area (Å²) in [6.07, 6.45) is 2.23. The predicted molar refractivity (Wildman–Crippen MR) is 87.3 cm³/mol. The van der Waals surface area contributed by atoms with Crippen molar-refractivity contribution in [3.05, 3.63) is 65.7 Å². The molecule has 2 nitrogen and oxygen atoms in total. The van der Waals surface area contributed by atoms with Gasteiger partial charge in [0.1, 0.15) is 0 Å². The van der Waals surface area contributed by atoms with E-state index in [2.05, 4.69) is 39.4 Å². The third kappa shape index (κ3) is 4.49. The Morgan fingerprint density at radius 1 is 1.00 bits per heavy atom. The highest BCUT2D eigenvalue weighted by Crippen LogP contribution is 2.19. The van der Waals surface area contributed by atoms with Crippen LogP contribution in [0.25, 0.3) is 0 Å². The Labute approximate surface area is 128 Å². The van der Waals surface area contributed by atoms with Crippen LogP contribution in [0, 0.1) is 0 Å². The van der Waals surface area contributed by atoms with E-state index < -0.39 is 0 Å². The van der Waals surface area contributed by atoms with Gasteiger partial charge in [-0.1, -0.05) is 64.5 Å². The highest BCUT2D eigenvalue weighted by atomic mass is 79.9. The van der Waals surface area contributed by atoms with Crippen LogP contribution in [0.2, 0.25) is 0 Å². The maximum Gasteiger partial charge on any atom is 0.224 e. The van der Waals surface area contributed by atoms with Gasteiger partial charge in [0.2, 0.25) is 5.91 Å². The Bertz CT molecular complexity index is 554. The van der Waals surface area contributed by atoms with Gasteiger partial charge in [0, 0.05) is 17.4 Å². The SMILES string of the molecule is O=C(CCCBr)Nc1ccccc1Cc1ccccc1. The third-order valence-corrected chi connectivity index (χ3v) is 3.63. The molecule has 0 radical (unpaired) electrons. The first-order chi connectivity index (χ1) is 9.79. The molecule has 0 saturated heterocycles. The van der Waals surface area contributed by atoms with Crippen LogP contribution in [0.5, 0.6) is 0 Å². The quantitative estimate of drug-likeness (QED) is 0.781. The fourth-order valence-electron chi connectivity index (χ4n) is 2.05. The molecule has 3 heteroatoms. The Hall–Kier alpha value is -1.61. The fourth-order valence-corrected chi connectivity index (χ4v) is 2.33. The van der Waals surface area contributed by atoms with E-state index in [-0.39, 0.29) is 5.91 Å². The summed E-state index contributed by atoms with van der Waals surface area (Å²) < 4.78 is 0. The van der Waals surface area contributed by atoms with E-state index in [0.29, 0.717) is 6.42 Å². The topological polar surface area (TPSA) is 29.1 Å². The number of benzene rings is 2. The van der Waals surface area contributed by atoms with E-state index in [1.165, 1.54) is 5.56 Å². The van der Waals surface area contributed by atoms with Gasteiger partial charge in [-0.25, -0.2) is 0 Å². The second-order valence-electron chi connectivity index (χ2n) is 4.66. The van der Waals surface area contributed by atoms with Crippen molar-refractivity contribution < 1.29 is 4.79 Å². The van der Waals surface area contributed by atoms with Crippen molar-refractivity contribution >= 4 is 27.5 Å². The van der Waals surface area contributed by atoms with Crippen molar-refractivity contribution in [3.63, 3.8) is 0 Å². The normalized spacial score (nSPS) is 10.2. The van der Waals surface area contributed by atoms with Crippen LogP contribution < -0.4 is 5.32 Å². The molecule has 2 rings (SSSR count). The smallest absolute Gasteiger partial charge is 0.224 e. The molecular formula is C17H18BrNO. The molecule has 1 N–H and O–H groups in total. The van der Waals surface area contributed by atoms with Crippen LogP contribution in [0.1, 0.15) is 24.0 Å².